The highest BCUT2D eigenvalue weighted by Gasteiger charge is 2.22. The summed E-state index contributed by atoms with van der Waals surface area (Å²) in [6.07, 6.45) is 1.28. The molecular weight excluding hydrogens is 283 g/mol. The topological polar surface area (TPSA) is 92.4 Å². The van der Waals surface area contributed by atoms with Gasteiger partial charge in [0.2, 0.25) is 10.0 Å². The molecule has 0 heterocycles. The van der Waals surface area contributed by atoms with E-state index in [-0.39, 0.29) is 29.1 Å². The first-order valence-corrected chi connectivity index (χ1v) is 7.81. The van der Waals surface area contributed by atoms with Gasteiger partial charge in [-0.1, -0.05) is 13.8 Å². The Bertz CT molecular complexity index is 538. The number of nitrogens with one attached hydrogen (secondary N) is 1. The van der Waals surface area contributed by atoms with Gasteiger partial charge in [0, 0.05) is 18.8 Å². The van der Waals surface area contributed by atoms with E-state index in [2.05, 4.69) is 4.72 Å². The molecule has 7 heteroatoms. The zero-order valence-electron chi connectivity index (χ0n) is 11.7. The van der Waals surface area contributed by atoms with Crippen LogP contribution in [0.25, 0.3) is 0 Å². The van der Waals surface area contributed by atoms with E-state index in [4.69, 9.17) is 10.8 Å². The summed E-state index contributed by atoms with van der Waals surface area (Å²) in [7, 11) is -3.80. The van der Waals surface area contributed by atoms with E-state index < -0.39 is 15.8 Å². The lowest BCUT2D eigenvalue weighted by atomic mass is 9.88. The van der Waals surface area contributed by atoms with Crippen LogP contribution in [0.2, 0.25) is 0 Å². The van der Waals surface area contributed by atoms with Gasteiger partial charge in [0.15, 0.2) is 0 Å². The summed E-state index contributed by atoms with van der Waals surface area (Å²) in [6.45, 7) is 4.05. The van der Waals surface area contributed by atoms with E-state index in [1.165, 1.54) is 6.07 Å². The van der Waals surface area contributed by atoms with Gasteiger partial charge in [-0.15, -0.1) is 0 Å². The minimum absolute atomic E-state index is 0.0601. The van der Waals surface area contributed by atoms with Crippen molar-refractivity contribution in [3.63, 3.8) is 0 Å². The number of sulfonamides is 1. The van der Waals surface area contributed by atoms with Crippen molar-refractivity contribution in [1.82, 2.24) is 4.72 Å². The van der Waals surface area contributed by atoms with E-state index in [1.54, 1.807) is 0 Å². The molecule has 1 aromatic carbocycles. The molecule has 1 rings (SSSR count). The van der Waals surface area contributed by atoms with Crippen LogP contribution in [0.1, 0.15) is 26.7 Å². The summed E-state index contributed by atoms with van der Waals surface area (Å²) < 4.78 is 39.8. The number of nitrogen functional groups attached to an aromatic ring is 1. The highest BCUT2D eigenvalue weighted by molar-refractivity contribution is 7.89. The number of hydrogen-bond acceptors (Lipinski definition) is 4. The Kier molecular flexibility index (Phi) is 5.50. The van der Waals surface area contributed by atoms with Gasteiger partial charge < -0.3 is 10.8 Å². The van der Waals surface area contributed by atoms with Crippen LogP contribution in [0.3, 0.4) is 0 Å². The van der Waals surface area contributed by atoms with Crippen LogP contribution in [0, 0.1) is 11.2 Å². The molecule has 0 unspecified atom stereocenters. The summed E-state index contributed by atoms with van der Waals surface area (Å²) in [4.78, 5) is -0.187. The number of anilines is 1. The van der Waals surface area contributed by atoms with Crippen molar-refractivity contribution in [2.45, 2.75) is 31.6 Å². The van der Waals surface area contributed by atoms with Crippen LogP contribution in [0.4, 0.5) is 10.1 Å². The normalized spacial score (nSPS) is 12.6. The van der Waals surface area contributed by atoms with E-state index in [0.717, 1.165) is 12.1 Å². The second-order valence-corrected chi connectivity index (χ2v) is 7.30. The standard InChI is InChI=1S/C13H21FN2O3S/c1-13(2,4-3-5-17)9-16-20(18,19)12-7-10(14)6-11(15)8-12/h6-8,16-17H,3-5,9,15H2,1-2H3. The molecule has 0 saturated carbocycles. The third kappa shape index (κ3) is 5.07. The highest BCUT2D eigenvalue weighted by Crippen LogP contribution is 2.22. The summed E-state index contributed by atoms with van der Waals surface area (Å²) in [5, 5.41) is 8.80. The molecule has 0 spiro atoms. The van der Waals surface area contributed by atoms with Crippen LogP contribution in [-0.4, -0.2) is 26.7 Å². The number of rotatable bonds is 7. The van der Waals surface area contributed by atoms with Gasteiger partial charge in [-0.05, 0) is 36.5 Å². The summed E-state index contributed by atoms with van der Waals surface area (Å²) in [6, 6.07) is 3.20. The Morgan fingerprint density at radius 1 is 1.35 bits per heavy atom. The van der Waals surface area contributed by atoms with Crippen molar-refractivity contribution in [3.8, 4) is 0 Å². The third-order valence-electron chi connectivity index (χ3n) is 2.96. The van der Waals surface area contributed by atoms with Crippen LogP contribution in [0.15, 0.2) is 23.1 Å². The first-order chi connectivity index (χ1) is 9.16. The molecule has 0 amide bonds. The maximum Gasteiger partial charge on any atom is 0.240 e. The second kappa shape index (κ2) is 6.51. The average Bonchev–Trinajstić information content (AvgIpc) is 2.33. The molecule has 0 saturated heterocycles. The van der Waals surface area contributed by atoms with Gasteiger partial charge in [-0.2, -0.15) is 0 Å². The lowest BCUT2D eigenvalue weighted by Crippen LogP contribution is -2.34. The van der Waals surface area contributed by atoms with Gasteiger partial charge in [0.05, 0.1) is 4.90 Å². The van der Waals surface area contributed by atoms with E-state index in [1.807, 2.05) is 13.8 Å². The van der Waals surface area contributed by atoms with Crippen molar-refractivity contribution in [1.29, 1.82) is 0 Å². The molecule has 0 atom stereocenters. The molecule has 0 radical (unpaired) electrons. The van der Waals surface area contributed by atoms with E-state index >= 15 is 0 Å². The number of benzene rings is 1. The zero-order chi connectivity index (χ0) is 15.4. The molecule has 0 bridgehead atoms. The van der Waals surface area contributed by atoms with Gasteiger partial charge in [-0.25, -0.2) is 17.5 Å². The zero-order valence-corrected chi connectivity index (χ0v) is 12.5. The Hall–Kier alpha value is -1.18. The fourth-order valence-corrected chi connectivity index (χ4v) is 3.07. The predicted octanol–water partition coefficient (Wildman–Crippen LogP) is 1.48. The van der Waals surface area contributed by atoms with Crippen molar-refractivity contribution in [3.05, 3.63) is 24.0 Å². The molecule has 0 fully saturated rings. The van der Waals surface area contributed by atoms with Gasteiger partial charge >= 0.3 is 0 Å². The van der Waals surface area contributed by atoms with E-state index in [9.17, 15) is 12.8 Å². The fourth-order valence-electron chi connectivity index (χ4n) is 1.76. The van der Waals surface area contributed by atoms with Crippen molar-refractivity contribution < 1.29 is 17.9 Å². The molecular formula is C13H21FN2O3S. The van der Waals surface area contributed by atoms with Gasteiger partial charge in [-0.3, -0.25) is 0 Å². The lowest BCUT2D eigenvalue weighted by molar-refractivity contribution is 0.242. The average molecular weight is 304 g/mol. The highest BCUT2D eigenvalue weighted by atomic mass is 32.2. The Morgan fingerprint density at radius 2 is 2.00 bits per heavy atom. The quantitative estimate of drug-likeness (QED) is 0.665. The fraction of sp³-hybridized carbons (Fsp3) is 0.538. The Labute approximate surface area is 119 Å². The summed E-state index contributed by atoms with van der Waals surface area (Å²) in [5.74, 6) is -0.690. The van der Waals surface area contributed by atoms with E-state index in [0.29, 0.717) is 12.8 Å². The molecule has 0 aliphatic carbocycles. The van der Waals surface area contributed by atoms with Crippen LogP contribution < -0.4 is 10.5 Å². The molecule has 4 N–H and O–H groups in total. The Balaban J connectivity index is 2.80. The molecule has 20 heavy (non-hydrogen) atoms. The number of aliphatic hydroxyl groups excluding tert-OH is 1. The smallest absolute Gasteiger partial charge is 0.240 e. The van der Waals surface area contributed by atoms with Gasteiger partial charge in [0.1, 0.15) is 5.82 Å². The van der Waals surface area contributed by atoms with Crippen molar-refractivity contribution >= 4 is 15.7 Å². The lowest BCUT2D eigenvalue weighted by Gasteiger charge is -2.24. The minimum Gasteiger partial charge on any atom is -0.399 e. The first-order valence-electron chi connectivity index (χ1n) is 6.33. The maximum absolute atomic E-state index is 13.2. The molecule has 0 aromatic heterocycles. The summed E-state index contributed by atoms with van der Waals surface area (Å²) in [5.41, 5.74) is 5.21. The summed E-state index contributed by atoms with van der Waals surface area (Å²) >= 11 is 0. The molecule has 0 aliphatic heterocycles. The molecule has 0 aliphatic rings. The number of halogens is 1. The largest absolute Gasteiger partial charge is 0.399 e. The number of aliphatic hydroxyl groups is 1. The molecule has 1 aromatic rings. The maximum atomic E-state index is 13.2. The minimum atomic E-state index is -3.80. The van der Waals surface area contributed by atoms with Crippen molar-refractivity contribution in [2.75, 3.05) is 18.9 Å². The number of hydrogen-bond donors (Lipinski definition) is 3. The van der Waals surface area contributed by atoms with Crippen LogP contribution >= 0.6 is 0 Å². The van der Waals surface area contributed by atoms with Gasteiger partial charge in [0.25, 0.3) is 0 Å². The SMILES string of the molecule is CC(C)(CCCO)CNS(=O)(=O)c1cc(N)cc(F)c1. The molecule has 5 nitrogen and oxygen atoms in total. The van der Waals surface area contributed by atoms with Crippen molar-refractivity contribution in [2.24, 2.45) is 5.41 Å². The second-order valence-electron chi connectivity index (χ2n) is 5.54. The molecule has 114 valence electrons. The van der Waals surface area contributed by atoms with Crippen LogP contribution in [-0.2, 0) is 10.0 Å². The predicted molar refractivity (Wildman–Crippen MR) is 76.1 cm³/mol. The first kappa shape index (κ1) is 16.9. The third-order valence-corrected chi connectivity index (χ3v) is 4.34. The van der Waals surface area contributed by atoms with Crippen LogP contribution in [0.5, 0.6) is 0 Å². The Morgan fingerprint density at radius 3 is 2.55 bits per heavy atom. The monoisotopic (exact) mass is 304 g/mol. The number of nitrogens with two attached hydrogens (primary N) is 1.